The zero-order chi connectivity index (χ0) is 11.3. The second kappa shape index (κ2) is 5.70. The Hall–Kier alpha value is -1.10. The molecule has 0 radical (unpaired) electrons. The lowest BCUT2D eigenvalue weighted by Crippen LogP contribution is -2.40. The van der Waals surface area contributed by atoms with E-state index in [4.69, 9.17) is 9.84 Å². The van der Waals surface area contributed by atoms with Crippen LogP contribution in [0, 0.1) is 0 Å². The number of hydrogen-bond donors (Lipinski definition) is 2. The minimum atomic E-state index is -1.04. The van der Waals surface area contributed by atoms with E-state index in [2.05, 4.69) is 5.32 Å². The average Bonchev–Trinajstić information content (AvgIpc) is 2.66. The van der Waals surface area contributed by atoms with E-state index in [1.54, 1.807) is 0 Å². The molecule has 15 heavy (non-hydrogen) atoms. The molecule has 1 amide bonds. The molecule has 0 bridgehead atoms. The number of carboxylic acids is 1. The lowest BCUT2D eigenvalue weighted by molar-refractivity contribution is -0.142. The van der Waals surface area contributed by atoms with Crippen LogP contribution in [0.3, 0.4) is 0 Å². The lowest BCUT2D eigenvalue weighted by atomic mass is 10.3. The van der Waals surface area contributed by atoms with Crippen LogP contribution in [0.2, 0.25) is 0 Å². The fourth-order valence-electron chi connectivity index (χ4n) is 1.59. The summed E-state index contributed by atoms with van der Waals surface area (Å²) >= 11 is 0. The second-order valence-electron chi connectivity index (χ2n) is 3.84. The van der Waals surface area contributed by atoms with Crippen LogP contribution >= 0.6 is 0 Å². The van der Waals surface area contributed by atoms with E-state index >= 15 is 0 Å². The molecule has 1 fully saturated rings. The lowest BCUT2D eigenvalue weighted by Gasteiger charge is -2.12. The third kappa shape index (κ3) is 4.29. The van der Waals surface area contributed by atoms with Gasteiger partial charge < -0.3 is 15.2 Å². The maximum atomic E-state index is 11.2. The van der Waals surface area contributed by atoms with Crippen molar-refractivity contribution < 1.29 is 19.4 Å². The minimum absolute atomic E-state index is 0.0394. The van der Waals surface area contributed by atoms with Gasteiger partial charge in [-0.15, -0.1) is 0 Å². The van der Waals surface area contributed by atoms with E-state index in [1.165, 1.54) is 6.92 Å². The quantitative estimate of drug-likeness (QED) is 0.701. The van der Waals surface area contributed by atoms with Crippen molar-refractivity contribution in [1.29, 1.82) is 0 Å². The monoisotopic (exact) mass is 215 g/mol. The van der Waals surface area contributed by atoms with Gasteiger partial charge in [-0.05, 0) is 19.8 Å². The summed E-state index contributed by atoms with van der Waals surface area (Å²) in [4.78, 5) is 21.7. The summed E-state index contributed by atoms with van der Waals surface area (Å²) in [5, 5.41) is 10.9. The van der Waals surface area contributed by atoms with Gasteiger partial charge in [0, 0.05) is 0 Å². The molecular formula is C10H17NO4. The third-order valence-corrected chi connectivity index (χ3v) is 2.50. The predicted octanol–water partition coefficient (Wildman–Crippen LogP) is 0.535. The van der Waals surface area contributed by atoms with Gasteiger partial charge in [-0.3, -0.25) is 9.59 Å². The summed E-state index contributed by atoms with van der Waals surface area (Å²) in [5.74, 6) is -1.40. The van der Waals surface area contributed by atoms with Crippen LogP contribution in [0.4, 0.5) is 0 Å². The standard InChI is InChI=1S/C10H17NO4/c1-7(10(13)14)11-9(12)6-15-8-4-2-3-5-8/h7-8H,2-6H2,1H3,(H,11,12)(H,13,14)/t7-/m0/s1. The Morgan fingerprint density at radius 1 is 1.47 bits per heavy atom. The van der Waals surface area contributed by atoms with Gasteiger partial charge in [0.1, 0.15) is 12.6 Å². The van der Waals surface area contributed by atoms with Gasteiger partial charge in [0.15, 0.2) is 0 Å². The Morgan fingerprint density at radius 2 is 2.07 bits per heavy atom. The van der Waals surface area contributed by atoms with Gasteiger partial charge >= 0.3 is 5.97 Å². The molecule has 1 saturated carbocycles. The molecule has 0 unspecified atom stereocenters. The first-order valence-electron chi connectivity index (χ1n) is 5.23. The van der Waals surface area contributed by atoms with E-state index in [0.29, 0.717) is 0 Å². The summed E-state index contributed by atoms with van der Waals surface area (Å²) < 4.78 is 5.34. The third-order valence-electron chi connectivity index (χ3n) is 2.50. The molecular weight excluding hydrogens is 198 g/mol. The molecule has 0 aromatic rings. The number of carbonyl (C=O) groups excluding carboxylic acids is 1. The van der Waals surface area contributed by atoms with Gasteiger partial charge in [-0.25, -0.2) is 0 Å². The Balaban J connectivity index is 2.15. The second-order valence-corrected chi connectivity index (χ2v) is 3.84. The molecule has 86 valence electrons. The molecule has 0 aromatic heterocycles. The highest BCUT2D eigenvalue weighted by Crippen LogP contribution is 2.20. The molecule has 0 spiro atoms. The van der Waals surface area contributed by atoms with Gasteiger partial charge in [0.05, 0.1) is 6.10 Å². The largest absolute Gasteiger partial charge is 0.480 e. The number of aliphatic carboxylic acids is 1. The van der Waals surface area contributed by atoms with Crippen LogP contribution in [0.15, 0.2) is 0 Å². The van der Waals surface area contributed by atoms with Gasteiger partial charge in [-0.1, -0.05) is 12.8 Å². The predicted molar refractivity (Wildman–Crippen MR) is 53.4 cm³/mol. The van der Waals surface area contributed by atoms with Crippen LogP contribution in [-0.2, 0) is 14.3 Å². The normalized spacial score (nSPS) is 18.7. The van der Waals surface area contributed by atoms with Crippen molar-refractivity contribution in [3.05, 3.63) is 0 Å². The maximum Gasteiger partial charge on any atom is 0.325 e. The molecule has 0 saturated heterocycles. The zero-order valence-corrected chi connectivity index (χ0v) is 8.86. The number of amides is 1. The fourth-order valence-corrected chi connectivity index (χ4v) is 1.59. The van der Waals surface area contributed by atoms with Crippen molar-refractivity contribution in [2.75, 3.05) is 6.61 Å². The van der Waals surface area contributed by atoms with Crippen molar-refractivity contribution in [2.24, 2.45) is 0 Å². The van der Waals surface area contributed by atoms with E-state index in [-0.39, 0.29) is 18.6 Å². The molecule has 1 aliphatic carbocycles. The van der Waals surface area contributed by atoms with E-state index in [1.807, 2.05) is 0 Å². The Labute approximate surface area is 88.8 Å². The summed E-state index contributed by atoms with van der Waals surface area (Å²) in [7, 11) is 0. The SMILES string of the molecule is C[C@H](NC(=O)COC1CCCC1)C(=O)O. The molecule has 0 aliphatic heterocycles. The highest BCUT2D eigenvalue weighted by molar-refractivity contribution is 5.83. The Kier molecular flexibility index (Phi) is 4.55. The number of ether oxygens (including phenoxy) is 1. The van der Waals surface area contributed by atoms with Gasteiger partial charge in [-0.2, -0.15) is 0 Å². The first-order chi connectivity index (χ1) is 7.09. The molecule has 0 aromatic carbocycles. The molecule has 1 rings (SSSR count). The Bertz CT molecular complexity index is 236. The first-order valence-corrected chi connectivity index (χ1v) is 5.23. The highest BCUT2D eigenvalue weighted by atomic mass is 16.5. The molecule has 2 N–H and O–H groups in total. The first kappa shape index (κ1) is 12.0. The van der Waals surface area contributed by atoms with Crippen LogP contribution < -0.4 is 5.32 Å². The topological polar surface area (TPSA) is 75.6 Å². The number of carboxylic acid groups (broad SMARTS) is 1. The van der Waals surface area contributed by atoms with E-state index < -0.39 is 12.0 Å². The molecule has 5 nitrogen and oxygen atoms in total. The van der Waals surface area contributed by atoms with Crippen molar-refractivity contribution in [1.82, 2.24) is 5.32 Å². The van der Waals surface area contributed by atoms with Crippen molar-refractivity contribution in [3.63, 3.8) is 0 Å². The fraction of sp³-hybridized carbons (Fsp3) is 0.800. The molecule has 5 heteroatoms. The van der Waals surface area contributed by atoms with Crippen LogP contribution in [0.1, 0.15) is 32.6 Å². The molecule has 1 atom stereocenters. The van der Waals surface area contributed by atoms with E-state index in [0.717, 1.165) is 25.7 Å². The highest BCUT2D eigenvalue weighted by Gasteiger charge is 2.18. The Morgan fingerprint density at radius 3 is 2.60 bits per heavy atom. The number of hydrogen-bond acceptors (Lipinski definition) is 3. The minimum Gasteiger partial charge on any atom is -0.480 e. The van der Waals surface area contributed by atoms with E-state index in [9.17, 15) is 9.59 Å². The van der Waals surface area contributed by atoms with Crippen LogP contribution in [0.5, 0.6) is 0 Å². The average molecular weight is 215 g/mol. The number of carbonyl (C=O) groups is 2. The molecule has 0 heterocycles. The van der Waals surface area contributed by atoms with Crippen molar-refractivity contribution >= 4 is 11.9 Å². The number of nitrogens with one attached hydrogen (secondary N) is 1. The van der Waals surface area contributed by atoms with Crippen LogP contribution in [-0.4, -0.2) is 35.7 Å². The summed E-state index contributed by atoms with van der Waals surface area (Å²) in [6.07, 6.45) is 4.48. The maximum absolute atomic E-state index is 11.2. The number of rotatable bonds is 5. The summed E-state index contributed by atoms with van der Waals surface area (Å²) in [5.41, 5.74) is 0. The zero-order valence-electron chi connectivity index (χ0n) is 8.86. The van der Waals surface area contributed by atoms with Crippen LogP contribution in [0.25, 0.3) is 0 Å². The smallest absolute Gasteiger partial charge is 0.325 e. The molecule has 1 aliphatic rings. The summed E-state index contributed by atoms with van der Waals surface area (Å²) in [6.45, 7) is 1.39. The van der Waals surface area contributed by atoms with Gasteiger partial charge in [0.25, 0.3) is 0 Å². The van der Waals surface area contributed by atoms with Crippen molar-refractivity contribution in [3.8, 4) is 0 Å². The van der Waals surface area contributed by atoms with Gasteiger partial charge in [0.2, 0.25) is 5.91 Å². The van der Waals surface area contributed by atoms with Crippen molar-refractivity contribution in [2.45, 2.75) is 44.8 Å². The summed E-state index contributed by atoms with van der Waals surface area (Å²) in [6, 6.07) is -0.857.